The predicted octanol–water partition coefficient (Wildman–Crippen LogP) is 3.15. The fourth-order valence-corrected chi connectivity index (χ4v) is 6.14. The molecule has 5 heterocycles. The van der Waals surface area contributed by atoms with E-state index in [2.05, 4.69) is 30.8 Å². The number of thiophene rings is 1. The molecule has 39 heavy (non-hydrogen) atoms. The van der Waals surface area contributed by atoms with Gasteiger partial charge in [-0.15, -0.1) is 21.5 Å². The van der Waals surface area contributed by atoms with Crippen molar-refractivity contribution in [2.75, 3.05) is 11.1 Å². The number of amides is 2. The molecule has 0 fully saturated rings. The lowest BCUT2D eigenvalue weighted by molar-refractivity contribution is -0.124. The molecule has 1 atom stereocenters. The predicted molar refractivity (Wildman–Crippen MR) is 145 cm³/mol. The van der Waals surface area contributed by atoms with E-state index in [4.69, 9.17) is 5.73 Å². The number of nitrogens with one attached hydrogen (secondary N) is 2. The number of carbonyl (C=O) groups excluding carboxylic acids is 2. The first-order chi connectivity index (χ1) is 18.9. The molecule has 0 aliphatic carbocycles. The molecule has 0 saturated carbocycles. The lowest BCUT2D eigenvalue weighted by Crippen LogP contribution is -2.36. The maximum absolute atomic E-state index is 14.1. The van der Waals surface area contributed by atoms with E-state index in [1.807, 2.05) is 6.07 Å². The number of nitrogens with two attached hydrogens (primary N) is 1. The van der Waals surface area contributed by atoms with Gasteiger partial charge in [0.2, 0.25) is 10.9 Å². The molecule has 0 spiro atoms. The van der Waals surface area contributed by atoms with Crippen molar-refractivity contribution < 1.29 is 14.0 Å². The molecule has 11 nitrogen and oxygen atoms in total. The average Bonchev–Trinajstić information content (AvgIpc) is 3.67. The summed E-state index contributed by atoms with van der Waals surface area (Å²) in [7, 11) is 0. The van der Waals surface area contributed by atoms with E-state index in [9.17, 15) is 18.8 Å². The minimum atomic E-state index is -0.766. The zero-order chi connectivity index (χ0) is 27.1. The van der Waals surface area contributed by atoms with Gasteiger partial charge in [0.05, 0.1) is 12.7 Å². The van der Waals surface area contributed by atoms with Crippen LogP contribution >= 0.6 is 22.7 Å². The quantitative estimate of drug-likeness (QED) is 0.285. The minimum absolute atomic E-state index is 0.0484. The van der Waals surface area contributed by atoms with Gasteiger partial charge in [-0.3, -0.25) is 19.0 Å². The molecule has 1 aromatic carbocycles. The number of benzene rings is 1. The number of aryl methyl sites for hydroxylation is 1. The Morgan fingerprint density at radius 1 is 1.13 bits per heavy atom. The molecule has 5 aromatic rings. The molecular weight excluding hydrogens is 543 g/mol. The molecular formula is C25H19FN8O3S2. The van der Waals surface area contributed by atoms with Gasteiger partial charge >= 0.3 is 0 Å². The van der Waals surface area contributed by atoms with Crippen LogP contribution in [0.2, 0.25) is 0 Å². The molecule has 6 rings (SSSR count). The van der Waals surface area contributed by atoms with Crippen LogP contribution in [-0.2, 0) is 17.8 Å². The van der Waals surface area contributed by atoms with Gasteiger partial charge in [-0.2, -0.15) is 0 Å². The van der Waals surface area contributed by atoms with Crippen LogP contribution in [0.3, 0.4) is 0 Å². The normalized spacial score (nSPS) is 14.3. The minimum Gasteiger partial charge on any atom is -0.384 e. The van der Waals surface area contributed by atoms with E-state index >= 15 is 0 Å². The summed E-state index contributed by atoms with van der Waals surface area (Å²) in [5, 5.41) is 14.2. The number of anilines is 2. The molecule has 4 aromatic heterocycles. The number of hydrogen-bond donors (Lipinski definition) is 3. The van der Waals surface area contributed by atoms with E-state index in [1.165, 1.54) is 34.2 Å². The van der Waals surface area contributed by atoms with Crippen LogP contribution in [0, 0.1) is 5.82 Å². The summed E-state index contributed by atoms with van der Waals surface area (Å²) < 4.78 is 16.4. The Labute approximate surface area is 227 Å². The largest absolute Gasteiger partial charge is 0.384 e. The van der Waals surface area contributed by atoms with Gasteiger partial charge in [0, 0.05) is 33.1 Å². The van der Waals surface area contributed by atoms with E-state index in [-0.39, 0.29) is 33.7 Å². The Balaban J connectivity index is 1.17. The van der Waals surface area contributed by atoms with Crippen molar-refractivity contribution in [3.63, 3.8) is 0 Å². The van der Waals surface area contributed by atoms with Crippen molar-refractivity contribution in [3.05, 3.63) is 80.7 Å². The van der Waals surface area contributed by atoms with Crippen molar-refractivity contribution in [1.29, 1.82) is 0 Å². The molecule has 0 bridgehead atoms. The first-order valence-corrected chi connectivity index (χ1v) is 13.4. The number of pyridine rings is 1. The molecule has 0 unspecified atom stereocenters. The first-order valence-electron chi connectivity index (χ1n) is 11.8. The summed E-state index contributed by atoms with van der Waals surface area (Å²) in [6.45, 7) is 0.282. The zero-order valence-corrected chi connectivity index (χ0v) is 21.7. The van der Waals surface area contributed by atoms with Gasteiger partial charge in [0.25, 0.3) is 11.5 Å². The average molecular weight is 563 g/mol. The summed E-state index contributed by atoms with van der Waals surface area (Å²) >= 11 is 2.39. The van der Waals surface area contributed by atoms with Crippen molar-refractivity contribution in [2.45, 2.75) is 25.4 Å². The SMILES string of the molecule is Nc1cc2sc(CNC(=O)[C@@H]3CCc4ncc(NC(=O)c5nnc(-c6ccccc6F)s5)c(=O)n43)cc2cn1. The fourth-order valence-electron chi connectivity index (χ4n) is 4.36. The van der Waals surface area contributed by atoms with E-state index in [0.717, 1.165) is 26.3 Å². The van der Waals surface area contributed by atoms with Crippen LogP contribution in [0.1, 0.15) is 33.0 Å². The Kier molecular flexibility index (Phi) is 6.32. The van der Waals surface area contributed by atoms with Crippen molar-refractivity contribution in [3.8, 4) is 10.6 Å². The molecule has 0 radical (unpaired) electrons. The second-order valence-corrected chi connectivity index (χ2v) is 10.9. The topological polar surface area (TPSA) is 158 Å². The second kappa shape index (κ2) is 9.96. The van der Waals surface area contributed by atoms with Crippen molar-refractivity contribution in [2.24, 2.45) is 0 Å². The molecule has 196 valence electrons. The second-order valence-electron chi connectivity index (χ2n) is 8.74. The van der Waals surface area contributed by atoms with E-state index in [1.54, 1.807) is 24.4 Å². The van der Waals surface area contributed by atoms with Crippen LogP contribution in [0.4, 0.5) is 15.9 Å². The van der Waals surface area contributed by atoms with Gasteiger partial charge in [0.15, 0.2) is 5.01 Å². The number of fused-ring (bicyclic) bond motifs is 2. The third kappa shape index (κ3) is 4.75. The molecule has 1 aliphatic heterocycles. The molecule has 1 aliphatic rings. The summed E-state index contributed by atoms with van der Waals surface area (Å²) in [4.78, 5) is 48.4. The third-order valence-electron chi connectivity index (χ3n) is 6.21. The van der Waals surface area contributed by atoms with Gasteiger partial charge in [-0.25, -0.2) is 14.4 Å². The first kappa shape index (κ1) is 24.8. The summed E-state index contributed by atoms with van der Waals surface area (Å²) in [6.07, 6.45) is 3.80. The number of rotatable bonds is 6. The van der Waals surface area contributed by atoms with Crippen molar-refractivity contribution in [1.82, 2.24) is 30.0 Å². The number of carbonyl (C=O) groups is 2. The standard InChI is InChI=1S/C25H19FN8O3S2/c26-15-4-2-1-3-14(15)23-32-33-24(39-23)22(36)31-16-11-29-20-6-5-17(34(20)25(16)37)21(35)30-10-13-7-12-9-28-19(27)8-18(12)38-13/h1-4,7-9,11,17H,5-6,10H2,(H2,27,28)(H,30,35)(H,31,36)/t17-/m0/s1. The summed E-state index contributed by atoms with van der Waals surface area (Å²) in [5.41, 5.74) is 5.32. The van der Waals surface area contributed by atoms with E-state index in [0.29, 0.717) is 24.5 Å². The van der Waals surface area contributed by atoms with Crippen LogP contribution in [0.15, 0.2) is 53.6 Å². The highest BCUT2D eigenvalue weighted by Crippen LogP contribution is 2.28. The monoisotopic (exact) mass is 562 g/mol. The van der Waals surface area contributed by atoms with E-state index < -0.39 is 23.3 Å². The highest BCUT2D eigenvalue weighted by atomic mass is 32.1. The van der Waals surface area contributed by atoms with Crippen molar-refractivity contribution >= 4 is 56.1 Å². The molecule has 2 amide bonds. The lowest BCUT2D eigenvalue weighted by Gasteiger charge is -2.15. The third-order valence-corrected chi connectivity index (χ3v) is 8.26. The van der Waals surface area contributed by atoms with Crippen LogP contribution in [0.25, 0.3) is 20.7 Å². The number of nitrogen functional groups attached to an aromatic ring is 1. The Bertz CT molecular complexity index is 1810. The Hall–Kier alpha value is -4.56. The zero-order valence-electron chi connectivity index (χ0n) is 20.1. The fraction of sp³-hybridized carbons (Fsp3) is 0.160. The van der Waals surface area contributed by atoms with Gasteiger partial charge in [0.1, 0.15) is 29.2 Å². The van der Waals surface area contributed by atoms with Gasteiger partial charge in [-0.1, -0.05) is 23.5 Å². The van der Waals surface area contributed by atoms with Crippen LogP contribution in [-0.4, -0.2) is 36.5 Å². The molecule has 14 heteroatoms. The number of halogens is 1. The summed E-state index contributed by atoms with van der Waals surface area (Å²) in [6, 6.07) is 8.97. The highest BCUT2D eigenvalue weighted by Gasteiger charge is 2.31. The number of aromatic nitrogens is 5. The summed E-state index contributed by atoms with van der Waals surface area (Å²) in [5.74, 6) is -0.614. The maximum Gasteiger partial charge on any atom is 0.286 e. The Morgan fingerprint density at radius 3 is 2.82 bits per heavy atom. The smallest absolute Gasteiger partial charge is 0.286 e. The number of nitrogens with zero attached hydrogens (tertiary/aromatic N) is 5. The van der Waals surface area contributed by atoms with Crippen LogP contribution < -0.4 is 21.9 Å². The lowest BCUT2D eigenvalue weighted by atomic mass is 10.2. The molecule has 0 saturated heterocycles. The van der Waals surface area contributed by atoms with Gasteiger partial charge in [-0.05, 0) is 30.7 Å². The maximum atomic E-state index is 14.1. The Morgan fingerprint density at radius 2 is 1.97 bits per heavy atom. The van der Waals surface area contributed by atoms with Gasteiger partial charge < -0.3 is 16.4 Å². The number of hydrogen-bond acceptors (Lipinski definition) is 10. The molecule has 4 N–H and O–H groups in total. The van der Waals surface area contributed by atoms with Crippen LogP contribution in [0.5, 0.6) is 0 Å². The highest BCUT2D eigenvalue weighted by molar-refractivity contribution is 7.19.